The maximum absolute atomic E-state index is 13.2. The zero-order chi connectivity index (χ0) is 22.3. The zero-order valence-electron chi connectivity index (χ0n) is 18.0. The molecule has 1 atom stereocenters. The molecule has 2 aromatic carbocycles. The highest BCUT2D eigenvalue weighted by atomic mass is 35.5. The summed E-state index contributed by atoms with van der Waals surface area (Å²) < 4.78 is 0. The predicted octanol–water partition coefficient (Wildman–Crippen LogP) is 5.60. The second-order valence-corrected chi connectivity index (χ2v) is 8.47. The van der Waals surface area contributed by atoms with Crippen molar-refractivity contribution in [3.63, 3.8) is 0 Å². The van der Waals surface area contributed by atoms with E-state index in [0.717, 1.165) is 5.56 Å². The van der Waals surface area contributed by atoms with Gasteiger partial charge in [0, 0.05) is 35.6 Å². The molecule has 4 nitrogen and oxygen atoms in total. The van der Waals surface area contributed by atoms with Crippen LogP contribution in [0.15, 0.2) is 42.5 Å². The van der Waals surface area contributed by atoms with E-state index in [9.17, 15) is 9.59 Å². The minimum atomic E-state index is -0.585. The van der Waals surface area contributed by atoms with Crippen molar-refractivity contribution >= 4 is 35.0 Å². The van der Waals surface area contributed by atoms with Gasteiger partial charge in [0.2, 0.25) is 11.8 Å². The van der Waals surface area contributed by atoms with E-state index in [1.165, 1.54) is 5.56 Å². The SMILES string of the molecule is CC[C@H](C(=O)NC)N(Cc1c(Cl)cccc1Cl)C(=O)CCc1ccc(C(C)C)cc1. The number of hydrogen-bond acceptors (Lipinski definition) is 2. The molecule has 2 rings (SSSR count). The standard InChI is InChI=1S/C24H30Cl2N2O2/c1-5-22(24(30)27-4)28(15-19-20(25)7-6-8-21(19)26)23(29)14-11-17-9-12-18(13-10-17)16(2)3/h6-10,12-13,16,22H,5,11,14-15H2,1-4H3,(H,27,30)/t22-/m1/s1. The van der Waals surface area contributed by atoms with Crippen molar-refractivity contribution in [3.8, 4) is 0 Å². The van der Waals surface area contributed by atoms with Crippen molar-refractivity contribution in [2.24, 2.45) is 0 Å². The Kier molecular flexibility index (Phi) is 9.19. The molecule has 0 spiro atoms. The van der Waals surface area contributed by atoms with Crippen LogP contribution in [0.25, 0.3) is 0 Å². The number of nitrogens with one attached hydrogen (secondary N) is 1. The first-order chi connectivity index (χ1) is 14.3. The van der Waals surface area contributed by atoms with Gasteiger partial charge in [0.15, 0.2) is 0 Å². The van der Waals surface area contributed by atoms with Gasteiger partial charge in [-0.3, -0.25) is 9.59 Å². The molecule has 0 bridgehead atoms. The van der Waals surface area contributed by atoms with E-state index >= 15 is 0 Å². The maximum Gasteiger partial charge on any atom is 0.242 e. The Morgan fingerprint density at radius 2 is 1.63 bits per heavy atom. The normalized spacial score (nSPS) is 12.0. The van der Waals surface area contributed by atoms with Gasteiger partial charge >= 0.3 is 0 Å². The van der Waals surface area contributed by atoms with E-state index in [4.69, 9.17) is 23.2 Å². The number of likely N-dealkylation sites (N-methyl/N-ethyl adjacent to an activating group) is 1. The molecule has 0 aromatic heterocycles. The number of amides is 2. The lowest BCUT2D eigenvalue weighted by molar-refractivity contribution is -0.141. The summed E-state index contributed by atoms with van der Waals surface area (Å²) in [6.07, 6.45) is 1.40. The van der Waals surface area contributed by atoms with Crippen LogP contribution < -0.4 is 5.32 Å². The Morgan fingerprint density at radius 1 is 1.03 bits per heavy atom. The number of hydrogen-bond donors (Lipinski definition) is 1. The van der Waals surface area contributed by atoms with Crippen LogP contribution in [-0.2, 0) is 22.6 Å². The van der Waals surface area contributed by atoms with Crippen molar-refractivity contribution in [2.45, 2.75) is 58.5 Å². The average molecular weight is 449 g/mol. The summed E-state index contributed by atoms with van der Waals surface area (Å²) in [5, 5.41) is 3.62. The smallest absolute Gasteiger partial charge is 0.242 e. The molecule has 0 unspecified atom stereocenters. The van der Waals surface area contributed by atoms with Crippen molar-refractivity contribution in [3.05, 3.63) is 69.2 Å². The molecule has 0 fully saturated rings. The van der Waals surface area contributed by atoms with Crippen LogP contribution in [0.1, 0.15) is 56.2 Å². The first-order valence-electron chi connectivity index (χ1n) is 10.3. The zero-order valence-corrected chi connectivity index (χ0v) is 19.6. The van der Waals surface area contributed by atoms with Crippen molar-refractivity contribution < 1.29 is 9.59 Å². The molecule has 0 saturated carbocycles. The Hall–Kier alpha value is -2.04. The van der Waals surface area contributed by atoms with Crippen LogP contribution in [0.4, 0.5) is 0 Å². The molecule has 0 heterocycles. The number of carbonyl (C=O) groups excluding carboxylic acids is 2. The Bertz CT molecular complexity index is 846. The topological polar surface area (TPSA) is 49.4 Å². The van der Waals surface area contributed by atoms with Crippen LogP contribution in [0.5, 0.6) is 0 Å². The first-order valence-corrected chi connectivity index (χ1v) is 11.1. The van der Waals surface area contributed by atoms with Crippen LogP contribution >= 0.6 is 23.2 Å². The Labute approximate surface area is 189 Å². The quantitative estimate of drug-likeness (QED) is 0.542. The van der Waals surface area contributed by atoms with Crippen molar-refractivity contribution in [2.75, 3.05) is 7.05 Å². The molecular weight excluding hydrogens is 419 g/mol. The third-order valence-electron chi connectivity index (χ3n) is 5.30. The van der Waals surface area contributed by atoms with E-state index in [1.54, 1.807) is 30.1 Å². The Morgan fingerprint density at radius 3 is 2.13 bits per heavy atom. The minimum absolute atomic E-state index is 0.102. The van der Waals surface area contributed by atoms with Gasteiger partial charge in [0.05, 0.1) is 0 Å². The molecule has 0 aliphatic rings. The molecule has 30 heavy (non-hydrogen) atoms. The number of rotatable bonds is 9. The summed E-state index contributed by atoms with van der Waals surface area (Å²) in [6, 6.07) is 13.0. The van der Waals surface area contributed by atoms with Crippen molar-refractivity contribution in [1.82, 2.24) is 10.2 Å². The molecule has 0 aliphatic heterocycles. The number of carbonyl (C=O) groups is 2. The molecule has 2 aromatic rings. The Balaban J connectivity index is 2.22. The molecule has 162 valence electrons. The lowest BCUT2D eigenvalue weighted by atomic mass is 10.00. The van der Waals surface area contributed by atoms with Crippen LogP contribution in [0, 0.1) is 0 Å². The number of benzene rings is 2. The predicted molar refractivity (Wildman–Crippen MR) is 124 cm³/mol. The molecule has 6 heteroatoms. The summed E-state index contributed by atoms with van der Waals surface area (Å²) in [5.74, 6) is 0.166. The molecule has 0 radical (unpaired) electrons. The average Bonchev–Trinajstić information content (AvgIpc) is 2.73. The molecule has 2 amide bonds. The fraction of sp³-hybridized carbons (Fsp3) is 0.417. The van der Waals surface area contributed by atoms with Crippen LogP contribution in [-0.4, -0.2) is 29.8 Å². The summed E-state index contributed by atoms with van der Waals surface area (Å²) in [4.78, 5) is 27.2. The highest BCUT2D eigenvalue weighted by molar-refractivity contribution is 6.36. The van der Waals surface area contributed by atoms with E-state index in [2.05, 4.69) is 43.4 Å². The molecule has 0 aliphatic carbocycles. The van der Waals surface area contributed by atoms with E-state index in [1.807, 2.05) is 6.92 Å². The van der Waals surface area contributed by atoms with Gasteiger partial charge < -0.3 is 10.2 Å². The van der Waals surface area contributed by atoms with Gasteiger partial charge in [-0.1, -0.05) is 74.3 Å². The first kappa shape index (κ1) is 24.2. The molecular formula is C24H30Cl2N2O2. The summed E-state index contributed by atoms with van der Waals surface area (Å²) >= 11 is 12.7. The van der Waals surface area contributed by atoms with Crippen LogP contribution in [0.3, 0.4) is 0 Å². The maximum atomic E-state index is 13.2. The van der Waals surface area contributed by atoms with Gasteiger partial charge in [-0.05, 0) is 42.0 Å². The monoisotopic (exact) mass is 448 g/mol. The fourth-order valence-electron chi connectivity index (χ4n) is 3.40. The van der Waals surface area contributed by atoms with Gasteiger partial charge in [-0.15, -0.1) is 0 Å². The minimum Gasteiger partial charge on any atom is -0.357 e. The molecule has 1 N–H and O–H groups in total. The third-order valence-corrected chi connectivity index (χ3v) is 6.00. The second-order valence-electron chi connectivity index (χ2n) is 7.66. The van der Waals surface area contributed by atoms with E-state index < -0.39 is 6.04 Å². The number of aryl methyl sites for hydroxylation is 1. The van der Waals surface area contributed by atoms with Crippen LogP contribution in [0.2, 0.25) is 10.0 Å². The lowest BCUT2D eigenvalue weighted by Crippen LogP contribution is -2.48. The molecule has 0 saturated heterocycles. The van der Waals surface area contributed by atoms with Crippen molar-refractivity contribution in [1.29, 1.82) is 0 Å². The fourth-order valence-corrected chi connectivity index (χ4v) is 3.92. The third kappa shape index (κ3) is 6.23. The number of halogens is 2. The second kappa shape index (κ2) is 11.4. The van der Waals surface area contributed by atoms with Gasteiger partial charge in [0.25, 0.3) is 0 Å². The lowest BCUT2D eigenvalue weighted by Gasteiger charge is -2.31. The largest absolute Gasteiger partial charge is 0.357 e. The summed E-state index contributed by atoms with van der Waals surface area (Å²) in [5.41, 5.74) is 3.01. The number of nitrogens with zero attached hydrogens (tertiary/aromatic N) is 1. The highest BCUT2D eigenvalue weighted by Crippen LogP contribution is 2.27. The van der Waals surface area contributed by atoms with Gasteiger partial charge in [-0.25, -0.2) is 0 Å². The van der Waals surface area contributed by atoms with Gasteiger partial charge in [0.1, 0.15) is 6.04 Å². The van der Waals surface area contributed by atoms with E-state index in [-0.39, 0.29) is 18.4 Å². The highest BCUT2D eigenvalue weighted by Gasteiger charge is 2.28. The summed E-state index contributed by atoms with van der Waals surface area (Å²) in [7, 11) is 1.58. The summed E-state index contributed by atoms with van der Waals surface area (Å²) in [6.45, 7) is 6.38. The van der Waals surface area contributed by atoms with E-state index in [0.29, 0.717) is 40.8 Å². The van der Waals surface area contributed by atoms with Gasteiger partial charge in [-0.2, -0.15) is 0 Å².